The van der Waals surface area contributed by atoms with E-state index in [-0.39, 0.29) is 30.6 Å². The Labute approximate surface area is 201 Å². The van der Waals surface area contributed by atoms with Crippen LogP contribution >= 0.6 is 0 Å². The third-order valence-corrected chi connectivity index (χ3v) is 5.47. The van der Waals surface area contributed by atoms with Gasteiger partial charge in [-0.05, 0) is 56.5 Å². The Bertz CT molecular complexity index is 1100. The average molecular weight is 461 g/mol. The third kappa shape index (κ3) is 7.55. The van der Waals surface area contributed by atoms with Crippen molar-refractivity contribution < 1.29 is 14.0 Å². The van der Waals surface area contributed by atoms with Crippen molar-refractivity contribution in [3.8, 4) is 0 Å². The predicted octanol–water partition coefficient (Wildman–Crippen LogP) is 5.23. The van der Waals surface area contributed by atoms with E-state index < -0.39 is 11.6 Å². The van der Waals surface area contributed by atoms with Crippen LogP contribution in [-0.4, -0.2) is 28.3 Å². The lowest BCUT2D eigenvalue weighted by molar-refractivity contribution is -0.141. The first-order valence-electron chi connectivity index (χ1n) is 11.6. The predicted molar refractivity (Wildman–Crippen MR) is 134 cm³/mol. The van der Waals surface area contributed by atoms with E-state index >= 15 is 0 Å². The number of hydrogen-bond donors (Lipinski definition) is 1. The first-order valence-corrected chi connectivity index (χ1v) is 11.6. The normalized spacial score (nSPS) is 12.1. The monoisotopic (exact) mass is 460 g/mol. The topological polar surface area (TPSA) is 49.4 Å². The molecule has 1 N–H and O–H groups in total. The van der Waals surface area contributed by atoms with Gasteiger partial charge in [0.25, 0.3) is 0 Å². The third-order valence-electron chi connectivity index (χ3n) is 5.47. The number of nitrogens with one attached hydrogen (secondary N) is 1. The molecule has 1 atom stereocenters. The second-order valence-corrected chi connectivity index (χ2v) is 9.76. The van der Waals surface area contributed by atoms with Gasteiger partial charge in [0.2, 0.25) is 11.8 Å². The van der Waals surface area contributed by atoms with Gasteiger partial charge >= 0.3 is 0 Å². The highest BCUT2D eigenvalue weighted by molar-refractivity contribution is 5.89. The van der Waals surface area contributed by atoms with Gasteiger partial charge in [-0.2, -0.15) is 0 Å². The molecule has 178 valence electrons. The minimum absolute atomic E-state index is 0.153. The van der Waals surface area contributed by atoms with Crippen LogP contribution in [0.5, 0.6) is 0 Å². The van der Waals surface area contributed by atoms with Crippen LogP contribution in [0.25, 0.3) is 0 Å². The first-order chi connectivity index (χ1) is 16.1. The number of nitrogens with zero attached hydrogens (tertiary/aromatic N) is 1. The molecule has 3 aromatic rings. The zero-order valence-corrected chi connectivity index (χ0v) is 20.3. The molecule has 4 nitrogen and oxygen atoms in total. The maximum atomic E-state index is 13.7. The van der Waals surface area contributed by atoms with E-state index in [0.29, 0.717) is 6.42 Å². The van der Waals surface area contributed by atoms with Crippen LogP contribution < -0.4 is 5.32 Å². The second kappa shape index (κ2) is 11.1. The Kier molecular flexibility index (Phi) is 8.21. The van der Waals surface area contributed by atoms with Gasteiger partial charge in [-0.15, -0.1) is 0 Å². The first kappa shape index (κ1) is 25.2. The molecule has 0 saturated heterocycles. The van der Waals surface area contributed by atoms with E-state index in [1.807, 2.05) is 82.3 Å². The van der Waals surface area contributed by atoms with Crippen LogP contribution in [0.2, 0.25) is 0 Å². The summed E-state index contributed by atoms with van der Waals surface area (Å²) in [6.07, 6.45) is 0.556. The van der Waals surface area contributed by atoms with Crippen molar-refractivity contribution >= 4 is 11.8 Å². The minimum atomic E-state index is -0.719. The summed E-state index contributed by atoms with van der Waals surface area (Å²) in [5.41, 5.74) is 3.24. The molecule has 0 spiro atoms. The molecule has 0 aromatic heterocycles. The summed E-state index contributed by atoms with van der Waals surface area (Å²) in [6, 6.07) is 22.8. The summed E-state index contributed by atoms with van der Waals surface area (Å²) in [7, 11) is 0. The van der Waals surface area contributed by atoms with Crippen molar-refractivity contribution in [1.82, 2.24) is 10.2 Å². The largest absolute Gasteiger partial charge is 0.350 e. The maximum absolute atomic E-state index is 13.7. The molecular weight excluding hydrogens is 427 g/mol. The highest BCUT2D eigenvalue weighted by Crippen LogP contribution is 2.18. The Balaban J connectivity index is 1.98. The molecule has 34 heavy (non-hydrogen) atoms. The molecule has 3 aromatic carbocycles. The molecule has 0 radical (unpaired) electrons. The van der Waals surface area contributed by atoms with Crippen molar-refractivity contribution in [2.45, 2.75) is 58.7 Å². The van der Waals surface area contributed by atoms with E-state index in [9.17, 15) is 14.0 Å². The van der Waals surface area contributed by atoms with Gasteiger partial charge in [-0.3, -0.25) is 9.59 Å². The van der Waals surface area contributed by atoms with Crippen molar-refractivity contribution in [2.75, 3.05) is 0 Å². The highest BCUT2D eigenvalue weighted by Gasteiger charge is 2.32. The fourth-order valence-corrected chi connectivity index (χ4v) is 3.89. The average Bonchev–Trinajstić information content (AvgIpc) is 2.77. The summed E-state index contributed by atoms with van der Waals surface area (Å²) >= 11 is 0. The van der Waals surface area contributed by atoms with E-state index in [2.05, 4.69) is 5.32 Å². The number of carbonyl (C=O) groups is 2. The zero-order chi connectivity index (χ0) is 24.7. The van der Waals surface area contributed by atoms with Crippen molar-refractivity contribution in [2.24, 2.45) is 0 Å². The summed E-state index contributed by atoms with van der Waals surface area (Å²) in [6.45, 7) is 7.95. The number of amides is 2. The van der Waals surface area contributed by atoms with Crippen LogP contribution in [-0.2, 0) is 29.0 Å². The fourth-order valence-electron chi connectivity index (χ4n) is 3.89. The number of carbonyl (C=O) groups excluding carboxylic acids is 2. The summed E-state index contributed by atoms with van der Waals surface area (Å²) in [4.78, 5) is 28.8. The van der Waals surface area contributed by atoms with Gasteiger partial charge in [-0.25, -0.2) is 4.39 Å². The lowest BCUT2D eigenvalue weighted by Gasteiger charge is -2.34. The second-order valence-electron chi connectivity index (χ2n) is 9.76. The van der Waals surface area contributed by atoms with Gasteiger partial charge in [0, 0.05) is 18.5 Å². The van der Waals surface area contributed by atoms with Crippen LogP contribution in [0, 0.1) is 12.7 Å². The van der Waals surface area contributed by atoms with E-state index in [0.717, 1.165) is 22.3 Å². The standard InChI is InChI=1S/C29H33FN2O2/c1-21-9-8-12-24(17-21)19-27(33)32(20-23-13-15-25(30)16-14-23)26(28(34)31-29(2,3)4)18-22-10-6-5-7-11-22/h5-17,26H,18-20H2,1-4H3,(H,31,34)/t26-/m1/s1. The van der Waals surface area contributed by atoms with E-state index in [4.69, 9.17) is 0 Å². The summed E-state index contributed by atoms with van der Waals surface area (Å²) in [5, 5.41) is 3.05. The molecule has 3 rings (SSSR count). The van der Waals surface area contributed by atoms with Gasteiger partial charge in [0.15, 0.2) is 0 Å². The maximum Gasteiger partial charge on any atom is 0.243 e. The lowest BCUT2D eigenvalue weighted by atomic mass is 9.99. The van der Waals surface area contributed by atoms with Crippen molar-refractivity contribution in [1.29, 1.82) is 0 Å². The van der Waals surface area contributed by atoms with Crippen LogP contribution in [0.15, 0.2) is 78.9 Å². The Morgan fingerprint density at radius 2 is 1.53 bits per heavy atom. The van der Waals surface area contributed by atoms with Crippen molar-refractivity contribution in [3.63, 3.8) is 0 Å². The SMILES string of the molecule is Cc1cccc(CC(=O)N(Cc2ccc(F)cc2)[C@H](Cc2ccccc2)C(=O)NC(C)(C)C)c1. The molecule has 0 saturated carbocycles. The zero-order valence-electron chi connectivity index (χ0n) is 20.3. The van der Waals surface area contributed by atoms with Crippen LogP contribution in [0.1, 0.15) is 43.0 Å². The van der Waals surface area contributed by atoms with Gasteiger partial charge < -0.3 is 10.2 Å². The van der Waals surface area contributed by atoms with E-state index in [1.54, 1.807) is 17.0 Å². The van der Waals surface area contributed by atoms with Crippen LogP contribution in [0.4, 0.5) is 4.39 Å². The van der Waals surface area contributed by atoms with Gasteiger partial charge in [0.1, 0.15) is 11.9 Å². The van der Waals surface area contributed by atoms with Crippen molar-refractivity contribution in [3.05, 3.63) is 107 Å². The Hall–Kier alpha value is -3.47. The smallest absolute Gasteiger partial charge is 0.243 e. The molecule has 0 aliphatic rings. The molecule has 0 bridgehead atoms. The molecule has 0 aliphatic carbocycles. The fraction of sp³-hybridized carbons (Fsp3) is 0.310. The quantitative estimate of drug-likeness (QED) is 0.500. The van der Waals surface area contributed by atoms with E-state index in [1.165, 1.54) is 12.1 Å². The number of aryl methyl sites for hydroxylation is 1. The number of halogens is 1. The summed E-state index contributed by atoms with van der Waals surface area (Å²) < 4.78 is 13.5. The molecular formula is C29H33FN2O2. The Morgan fingerprint density at radius 1 is 0.882 bits per heavy atom. The highest BCUT2D eigenvalue weighted by atomic mass is 19.1. The summed E-state index contributed by atoms with van der Waals surface area (Å²) in [5.74, 6) is -0.705. The molecule has 0 aliphatic heterocycles. The molecule has 0 heterocycles. The van der Waals surface area contributed by atoms with Crippen LogP contribution in [0.3, 0.4) is 0 Å². The van der Waals surface area contributed by atoms with Gasteiger partial charge in [-0.1, -0.05) is 72.3 Å². The number of benzene rings is 3. The molecule has 0 unspecified atom stereocenters. The molecule has 0 fully saturated rings. The Morgan fingerprint density at radius 3 is 2.15 bits per heavy atom. The molecule has 5 heteroatoms. The molecule has 2 amide bonds. The minimum Gasteiger partial charge on any atom is -0.350 e. The number of hydrogen-bond acceptors (Lipinski definition) is 2. The van der Waals surface area contributed by atoms with Gasteiger partial charge in [0.05, 0.1) is 6.42 Å². The number of rotatable bonds is 8. The lowest BCUT2D eigenvalue weighted by Crippen LogP contribution is -2.54.